The topological polar surface area (TPSA) is 43.4 Å². The third-order valence-corrected chi connectivity index (χ3v) is 2.23. The quantitative estimate of drug-likeness (QED) is 0.462. The lowest BCUT2D eigenvalue weighted by molar-refractivity contribution is -0.141. The van der Waals surface area contributed by atoms with Crippen LogP contribution in [0.3, 0.4) is 0 Å². The first-order valence-electron chi connectivity index (χ1n) is 5.10. The van der Waals surface area contributed by atoms with Gasteiger partial charge in [-0.2, -0.15) is 0 Å². The van der Waals surface area contributed by atoms with E-state index in [2.05, 4.69) is 4.74 Å². The van der Waals surface area contributed by atoms with Gasteiger partial charge in [-0.15, -0.1) is 0 Å². The van der Waals surface area contributed by atoms with Crippen LogP contribution in [0, 0.1) is 18.6 Å². The molecule has 3 nitrogen and oxygen atoms in total. The minimum atomic E-state index is -0.931. The van der Waals surface area contributed by atoms with E-state index in [0.717, 1.165) is 12.1 Å². The van der Waals surface area contributed by atoms with Crippen molar-refractivity contribution in [3.05, 3.63) is 34.9 Å². The third-order valence-electron chi connectivity index (χ3n) is 2.23. The Morgan fingerprint density at radius 2 is 1.94 bits per heavy atom. The monoisotopic (exact) mass is 242 g/mol. The maximum Gasteiger partial charge on any atom is 0.313 e. The van der Waals surface area contributed by atoms with Gasteiger partial charge >= 0.3 is 5.97 Å². The lowest BCUT2D eigenvalue weighted by Crippen LogP contribution is -2.13. The van der Waals surface area contributed by atoms with Crippen molar-refractivity contribution in [2.75, 3.05) is 6.61 Å². The average molecular weight is 242 g/mol. The SMILES string of the molecule is CCOC(=O)CC(=O)c1ccc(F)c(C)c1F. The van der Waals surface area contributed by atoms with E-state index >= 15 is 0 Å². The highest BCUT2D eigenvalue weighted by Gasteiger charge is 2.19. The van der Waals surface area contributed by atoms with Crippen LogP contribution in [0.4, 0.5) is 8.78 Å². The molecule has 0 heterocycles. The van der Waals surface area contributed by atoms with Crippen LogP contribution in [0.2, 0.25) is 0 Å². The third kappa shape index (κ3) is 3.09. The van der Waals surface area contributed by atoms with Crippen molar-refractivity contribution in [1.82, 2.24) is 0 Å². The molecule has 0 bridgehead atoms. The fraction of sp³-hybridized carbons (Fsp3) is 0.333. The Morgan fingerprint density at radius 1 is 1.29 bits per heavy atom. The maximum absolute atomic E-state index is 13.5. The summed E-state index contributed by atoms with van der Waals surface area (Å²) >= 11 is 0. The molecule has 0 saturated heterocycles. The highest BCUT2D eigenvalue weighted by atomic mass is 19.1. The molecule has 1 aromatic carbocycles. The zero-order chi connectivity index (χ0) is 13.0. The zero-order valence-electron chi connectivity index (χ0n) is 9.55. The summed E-state index contributed by atoms with van der Waals surface area (Å²) in [6.07, 6.45) is -0.546. The van der Waals surface area contributed by atoms with Gasteiger partial charge in [0, 0.05) is 5.56 Å². The van der Waals surface area contributed by atoms with Gasteiger partial charge in [-0.1, -0.05) is 0 Å². The second-order valence-electron chi connectivity index (χ2n) is 3.44. The Kier molecular flexibility index (Phi) is 4.31. The molecular weight excluding hydrogens is 230 g/mol. The average Bonchev–Trinajstić information content (AvgIpc) is 2.26. The van der Waals surface area contributed by atoms with E-state index in [1.54, 1.807) is 6.92 Å². The van der Waals surface area contributed by atoms with Crippen molar-refractivity contribution in [1.29, 1.82) is 0 Å². The molecule has 0 aliphatic heterocycles. The molecule has 0 saturated carbocycles. The van der Waals surface area contributed by atoms with Crippen LogP contribution in [-0.4, -0.2) is 18.4 Å². The fourth-order valence-corrected chi connectivity index (χ4v) is 1.32. The van der Waals surface area contributed by atoms with Gasteiger partial charge in [0.1, 0.15) is 18.1 Å². The molecule has 0 unspecified atom stereocenters. The van der Waals surface area contributed by atoms with E-state index in [9.17, 15) is 18.4 Å². The van der Waals surface area contributed by atoms with Gasteiger partial charge in [-0.05, 0) is 26.0 Å². The predicted octanol–water partition coefficient (Wildman–Crippen LogP) is 2.41. The summed E-state index contributed by atoms with van der Waals surface area (Å²) in [5, 5.41) is 0. The Labute approximate surface area is 97.4 Å². The van der Waals surface area contributed by atoms with Crippen molar-refractivity contribution in [2.45, 2.75) is 20.3 Å². The first-order valence-corrected chi connectivity index (χ1v) is 5.10. The fourth-order valence-electron chi connectivity index (χ4n) is 1.32. The number of carbonyl (C=O) groups is 2. The number of benzene rings is 1. The van der Waals surface area contributed by atoms with Crippen LogP contribution in [0.1, 0.15) is 29.3 Å². The molecule has 0 N–H and O–H groups in total. The number of hydrogen-bond donors (Lipinski definition) is 0. The molecule has 1 rings (SSSR count). The minimum Gasteiger partial charge on any atom is -0.466 e. The van der Waals surface area contributed by atoms with Crippen molar-refractivity contribution in [3.8, 4) is 0 Å². The van der Waals surface area contributed by atoms with Gasteiger partial charge in [0.25, 0.3) is 0 Å². The molecular formula is C12H12F2O3. The van der Waals surface area contributed by atoms with Crippen LogP contribution in [-0.2, 0) is 9.53 Å². The summed E-state index contributed by atoms with van der Waals surface area (Å²) in [6, 6.07) is 2.02. The van der Waals surface area contributed by atoms with Crippen molar-refractivity contribution < 1.29 is 23.1 Å². The van der Waals surface area contributed by atoms with E-state index in [4.69, 9.17) is 0 Å². The summed E-state index contributed by atoms with van der Waals surface area (Å²) in [5.41, 5.74) is -0.531. The van der Waals surface area contributed by atoms with E-state index in [1.165, 1.54) is 6.92 Å². The Bertz CT molecular complexity index is 455. The number of hydrogen-bond acceptors (Lipinski definition) is 3. The van der Waals surface area contributed by atoms with E-state index in [1.807, 2.05) is 0 Å². The minimum absolute atomic E-state index is 0.150. The number of ketones is 1. The second-order valence-corrected chi connectivity index (χ2v) is 3.44. The number of halogens is 2. The molecule has 17 heavy (non-hydrogen) atoms. The Hall–Kier alpha value is -1.78. The summed E-state index contributed by atoms with van der Waals surface area (Å²) in [4.78, 5) is 22.6. The summed E-state index contributed by atoms with van der Waals surface area (Å²) in [5.74, 6) is -3.10. The van der Waals surface area contributed by atoms with Gasteiger partial charge in [-0.25, -0.2) is 8.78 Å². The molecule has 0 aliphatic rings. The molecule has 0 atom stereocenters. The lowest BCUT2D eigenvalue weighted by Gasteiger charge is -2.05. The van der Waals surface area contributed by atoms with Crippen LogP contribution in [0.5, 0.6) is 0 Å². The molecule has 5 heteroatoms. The molecule has 1 aromatic rings. The largest absolute Gasteiger partial charge is 0.466 e. The second kappa shape index (κ2) is 5.52. The molecule has 0 spiro atoms. The van der Waals surface area contributed by atoms with E-state index in [0.29, 0.717) is 0 Å². The van der Waals surface area contributed by atoms with E-state index < -0.39 is 29.8 Å². The summed E-state index contributed by atoms with van der Waals surface area (Å²) < 4.78 is 31.1. The lowest BCUT2D eigenvalue weighted by atomic mass is 10.0. The predicted molar refractivity (Wildman–Crippen MR) is 56.7 cm³/mol. The normalized spacial score (nSPS) is 10.1. The van der Waals surface area contributed by atoms with Gasteiger partial charge in [0.05, 0.1) is 12.2 Å². The van der Waals surface area contributed by atoms with Crippen LogP contribution in [0.15, 0.2) is 12.1 Å². The molecule has 0 fully saturated rings. The van der Waals surface area contributed by atoms with Gasteiger partial charge < -0.3 is 4.74 Å². The smallest absolute Gasteiger partial charge is 0.313 e. The zero-order valence-corrected chi connectivity index (χ0v) is 9.55. The van der Waals surface area contributed by atoms with Crippen molar-refractivity contribution in [3.63, 3.8) is 0 Å². The van der Waals surface area contributed by atoms with Gasteiger partial charge in [0.15, 0.2) is 5.78 Å². The van der Waals surface area contributed by atoms with Crippen molar-refractivity contribution >= 4 is 11.8 Å². The van der Waals surface area contributed by atoms with Crippen LogP contribution < -0.4 is 0 Å². The number of esters is 1. The molecule has 0 radical (unpaired) electrons. The molecule has 0 aromatic heterocycles. The number of carbonyl (C=O) groups excluding carboxylic acids is 2. The number of ether oxygens (including phenoxy) is 1. The highest BCUT2D eigenvalue weighted by Crippen LogP contribution is 2.17. The Morgan fingerprint density at radius 3 is 2.53 bits per heavy atom. The summed E-state index contributed by atoms with van der Waals surface area (Å²) in [7, 11) is 0. The van der Waals surface area contributed by atoms with Gasteiger partial charge in [-0.3, -0.25) is 9.59 Å². The van der Waals surface area contributed by atoms with E-state index in [-0.39, 0.29) is 17.7 Å². The molecule has 0 amide bonds. The van der Waals surface area contributed by atoms with Crippen molar-refractivity contribution in [2.24, 2.45) is 0 Å². The standard InChI is InChI=1S/C12H12F2O3/c1-3-17-11(16)6-10(15)8-4-5-9(13)7(2)12(8)14/h4-5H,3,6H2,1-2H3. The first-order chi connectivity index (χ1) is 7.97. The number of rotatable bonds is 4. The highest BCUT2D eigenvalue weighted by molar-refractivity contribution is 6.06. The maximum atomic E-state index is 13.5. The Balaban J connectivity index is 2.90. The summed E-state index contributed by atoms with van der Waals surface area (Å²) in [6.45, 7) is 2.98. The first kappa shape index (κ1) is 13.3. The van der Waals surface area contributed by atoms with Gasteiger partial charge in [0.2, 0.25) is 0 Å². The number of Topliss-reactive ketones (excluding diaryl/α,β-unsaturated/α-hetero) is 1. The molecule has 0 aliphatic carbocycles. The van der Waals surface area contributed by atoms with Crippen LogP contribution in [0.25, 0.3) is 0 Å². The van der Waals surface area contributed by atoms with Crippen LogP contribution >= 0.6 is 0 Å². The molecule has 92 valence electrons.